The lowest BCUT2D eigenvalue weighted by Gasteiger charge is -2.25. The highest BCUT2D eigenvalue weighted by Crippen LogP contribution is 2.48. The van der Waals surface area contributed by atoms with Gasteiger partial charge in [-0.05, 0) is 59.0 Å². The lowest BCUT2D eigenvalue weighted by atomic mass is 9.96. The molecule has 1 aromatic heterocycles. The first-order chi connectivity index (χ1) is 19.0. The zero-order valence-electron chi connectivity index (χ0n) is 22.3. The van der Waals surface area contributed by atoms with Gasteiger partial charge in [-0.15, -0.1) is 11.3 Å². The number of ether oxygens (including phenoxy) is 3. The number of morpholine rings is 1. The maximum absolute atomic E-state index is 12.1. The number of hydrogen-bond donors (Lipinski definition) is 1. The number of hydrogen-bond acceptors (Lipinski definition) is 7. The van der Waals surface area contributed by atoms with Gasteiger partial charge in [-0.3, -0.25) is 4.90 Å². The second-order valence-corrected chi connectivity index (χ2v) is 10.9. The van der Waals surface area contributed by atoms with E-state index >= 15 is 0 Å². The van der Waals surface area contributed by atoms with E-state index in [1.165, 1.54) is 11.6 Å². The van der Waals surface area contributed by atoms with Crippen molar-refractivity contribution in [3.63, 3.8) is 0 Å². The van der Waals surface area contributed by atoms with Crippen LogP contribution in [0.3, 0.4) is 0 Å². The minimum absolute atomic E-state index is 0.231. The number of phenols is 1. The number of nitrogens with zero attached hydrogens (tertiary/aromatic N) is 1. The summed E-state index contributed by atoms with van der Waals surface area (Å²) in [6.07, 6.45) is 3.20. The fourth-order valence-electron chi connectivity index (χ4n) is 4.62. The fourth-order valence-corrected chi connectivity index (χ4v) is 5.84. The van der Waals surface area contributed by atoms with Crippen molar-refractivity contribution in [2.75, 3.05) is 39.5 Å². The molecule has 0 amide bonds. The summed E-state index contributed by atoms with van der Waals surface area (Å²) in [5.41, 5.74) is 3.25. The number of fused-ring (bicyclic) bond motifs is 1. The molecular formula is C32H33NO5S. The van der Waals surface area contributed by atoms with E-state index in [-0.39, 0.29) is 11.7 Å². The van der Waals surface area contributed by atoms with Crippen LogP contribution < -0.4 is 4.74 Å². The van der Waals surface area contributed by atoms with Crippen molar-refractivity contribution >= 4 is 33.5 Å². The second kappa shape index (κ2) is 12.5. The quantitative estimate of drug-likeness (QED) is 0.180. The third-order valence-corrected chi connectivity index (χ3v) is 7.89. The predicted octanol–water partition coefficient (Wildman–Crippen LogP) is 7.08. The molecule has 6 nitrogen and oxygen atoms in total. The Morgan fingerprint density at radius 3 is 2.62 bits per heavy atom. The first kappa shape index (κ1) is 26.9. The van der Waals surface area contributed by atoms with Crippen LogP contribution in [0.1, 0.15) is 30.9 Å². The fraction of sp³-hybridized carbons (Fsp3) is 0.281. The van der Waals surface area contributed by atoms with E-state index < -0.39 is 0 Å². The average Bonchev–Trinajstić information content (AvgIpc) is 3.30. The summed E-state index contributed by atoms with van der Waals surface area (Å²) in [7, 11) is 0. The van der Waals surface area contributed by atoms with Gasteiger partial charge in [-0.2, -0.15) is 0 Å². The lowest BCUT2D eigenvalue weighted by molar-refractivity contribution is -0.138. The highest BCUT2D eigenvalue weighted by Gasteiger charge is 2.20. The first-order valence-corrected chi connectivity index (χ1v) is 14.1. The minimum atomic E-state index is -0.356. The van der Waals surface area contributed by atoms with E-state index in [1.54, 1.807) is 29.5 Å². The Hall–Kier alpha value is -3.65. The maximum atomic E-state index is 12.1. The molecule has 1 N–H and O–H groups in total. The molecule has 0 unspecified atom stereocenters. The van der Waals surface area contributed by atoms with Crippen molar-refractivity contribution < 1.29 is 24.1 Å². The normalized spacial score (nSPS) is 14.3. The lowest BCUT2D eigenvalue weighted by Crippen LogP contribution is -2.38. The van der Waals surface area contributed by atoms with Crippen molar-refractivity contribution in [3.05, 3.63) is 83.9 Å². The topological polar surface area (TPSA) is 68.2 Å². The molecular weight excluding hydrogens is 510 g/mol. The second-order valence-electron chi connectivity index (χ2n) is 9.81. The third-order valence-electron chi connectivity index (χ3n) is 6.72. The highest BCUT2D eigenvalue weighted by atomic mass is 32.1. The first-order valence-electron chi connectivity index (χ1n) is 13.3. The summed E-state index contributed by atoms with van der Waals surface area (Å²) in [6.45, 7) is 8.66. The summed E-state index contributed by atoms with van der Waals surface area (Å²) in [5.74, 6) is 1.69. The van der Waals surface area contributed by atoms with E-state index in [1.807, 2.05) is 36.4 Å². The number of aromatic hydroxyl groups is 1. The molecule has 0 bridgehead atoms. The van der Waals surface area contributed by atoms with Gasteiger partial charge < -0.3 is 19.3 Å². The zero-order chi connectivity index (χ0) is 27.2. The Morgan fingerprint density at radius 1 is 1.08 bits per heavy atom. The van der Waals surface area contributed by atoms with E-state index in [2.05, 4.69) is 36.9 Å². The molecule has 2 heterocycles. The smallest absolute Gasteiger partial charge is 0.330 e. The molecule has 0 radical (unpaired) electrons. The molecule has 3 aromatic carbocycles. The molecule has 1 aliphatic heterocycles. The van der Waals surface area contributed by atoms with E-state index in [4.69, 9.17) is 14.2 Å². The van der Waals surface area contributed by atoms with Gasteiger partial charge in [0.15, 0.2) is 5.75 Å². The molecule has 4 aromatic rings. The molecule has 7 heteroatoms. The SMILES string of the molecule is CC(C)c1ccccc1-c1sc2cc(O)ccc2c1Oc1ccc(/C=C/C(=O)OCCN2CCOCC2)cc1. The Bertz CT molecular complexity index is 1450. The largest absolute Gasteiger partial charge is 0.508 e. The van der Waals surface area contributed by atoms with Crippen LogP contribution in [0.25, 0.3) is 26.6 Å². The summed E-state index contributed by atoms with van der Waals surface area (Å²) in [5, 5.41) is 11.0. The molecule has 1 aliphatic rings. The van der Waals surface area contributed by atoms with E-state index in [0.29, 0.717) is 18.3 Å². The monoisotopic (exact) mass is 543 g/mol. The van der Waals surface area contributed by atoms with Gasteiger partial charge in [0.05, 0.1) is 18.1 Å². The minimum Gasteiger partial charge on any atom is -0.508 e. The summed E-state index contributed by atoms with van der Waals surface area (Å²) >= 11 is 1.62. The Morgan fingerprint density at radius 2 is 1.85 bits per heavy atom. The number of carbonyl (C=O) groups excluding carboxylic acids is 1. The average molecular weight is 544 g/mol. The van der Waals surface area contributed by atoms with Crippen LogP contribution in [0.15, 0.2) is 72.8 Å². The summed E-state index contributed by atoms with van der Waals surface area (Å²) in [6, 6.07) is 21.4. The molecule has 1 saturated heterocycles. The Labute approximate surface area is 233 Å². The number of rotatable bonds is 9. The molecule has 1 fully saturated rings. The number of phenolic OH excluding ortho intramolecular Hbond substituents is 1. The molecule has 0 saturated carbocycles. The van der Waals surface area contributed by atoms with Crippen LogP contribution >= 0.6 is 11.3 Å². The molecule has 5 rings (SSSR count). The standard InChI is InChI=1S/C32H33NO5S/c1-22(2)26-5-3-4-6-27(26)32-31(28-13-10-24(34)21-29(28)39-32)38-25-11-7-23(8-12-25)9-14-30(35)37-20-17-33-15-18-36-19-16-33/h3-14,21-22,34H,15-20H2,1-2H3/b14-9+. The number of esters is 1. The Balaban J connectivity index is 1.30. The van der Waals surface area contributed by atoms with Crippen molar-refractivity contribution in [1.82, 2.24) is 4.90 Å². The van der Waals surface area contributed by atoms with E-state index in [0.717, 1.165) is 64.7 Å². The number of benzene rings is 3. The number of thiophene rings is 1. The number of carbonyl (C=O) groups is 1. The van der Waals surface area contributed by atoms with Gasteiger partial charge in [-0.25, -0.2) is 4.79 Å². The van der Waals surface area contributed by atoms with Crippen molar-refractivity contribution in [3.8, 4) is 27.7 Å². The van der Waals surface area contributed by atoms with Gasteiger partial charge >= 0.3 is 5.97 Å². The van der Waals surface area contributed by atoms with Crippen LogP contribution in [0, 0.1) is 0 Å². The molecule has 0 aliphatic carbocycles. The molecule has 0 atom stereocenters. The van der Waals surface area contributed by atoms with Crippen molar-refractivity contribution in [2.24, 2.45) is 0 Å². The van der Waals surface area contributed by atoms with Crippen LogP contribution in [0.4, 0.5) is 0 Å². The van der Waals surface area contributed by atoms with Gasteiger partial charge in [-0.1, -0.05) is 50.2 Å². The van der Waals surface area contributed by atoms with Gasteiger partial charge in [0.2, 0.25) is 0 Å². The van der Waals surface area contributed by atoms with Crippen LogP contribution in [0.2, 0.25) is 0 Å². The summed E-state index contributed by atoms with van der Waals surface area (Å²) in [4.78, 5) is 15.4. The third kappa shape index (κ3) is 6.68. The van der Waals surface area contributed by atoms with Crippen molar-refractivity contribution in [2.45, 2.75) is 19.8 Å². The van der Waals surface area contributed by atoms with Gasteiger partial charge in [0.25, 0.3) is 0 Å². The Kier molecular flexibility index (Phi) is 8.61. The van der Waals surface area contributed by atoms with Gasteiger partial charge in [0.1, 0.15) is 18.1 Å². The maximum Gasteiger partial charge on any atom is 0.330 e. The van der Waals surface area contributed by atoms with Crippen molar-refractivity contribution in [1.29, 1.82) is 0 Å². The molecule has 202 valence electrons. The molecule has 0 spiro atoms. The van der Waals surface area contributed by atoms with Crippen LogP contribution in [-0.4, -0.2) is 55.4 Å². The van der Waals surface area contributed by atoms with Crippen LogP contribution in [0.5, 0.6) is 17.2 Å². The predicted molar refractivity (Wildman–Crippen MR) is 157 cm³/mol. The summed E-state index contributed by atoms with van der Waals surface area (Å²) < 4.78 is 18.1. The van der Waals surface area contributed by atoms with E-state index in [9.17, 15) is 9.90 Å². The zero-order valence-corrected chi connectivity index (χ0v) is 23.1. The molecule has 39 heavy (non-hydrogen) atoms. The van der Waals surface area contributed by atoms with Gasteiger partial charge in [0, 0.05) is 35.8 Å². The van der Waals surface area contributed by atoms with Crippen LogP contribution in [-0.2, 0) is 14.3 Å². The highest BCUT2D eigenvalue weighted by molar-refractivity contribution is 7.22.